The Morgan fingerprint density at radius 3 is 1.25 bits per heavy atom. The van der Waals surface area contributed by atoms with Crippen LogP contribution >= 0.6 is 0 Å². The molecule has 0 aliphatic rings. The first-order valence-corrected chi connectivity index (χ1v) is 22.3. The monoisotopic (exact) mass is 806 g/mol. The van der Waals surface area contributed by atoms with Crippen molar-refractivity contribution in [3.63, 3.8) is 0 Å². The SMILES string of the molecule is c1ccc(-c2cccc(-c3ccccc3)c2-c2ccc3cc4c5c(-c6ccccc6)c6c(cc7c8ccccc8c8cccc6c87)c(-c6ccccc6)c5c5cccc(c3c2)c54)cc1. The maximum absolute atomic E-state index is 2.53. The standard InChI is InChI=1S/C64H38/c1-5-18-39(19-6-1)45-28-15-29-46(40-20-7-2-8-21-40)57(45)44-35-34-43-36-55-61-50(53(43)37-44)31-17-33-52(61)63-58(41-22-9-3-10-23-41)56-38-54-48-27-14-13-26-47(48)49-30-16-32-51(60(49)54)62(56)59(64(55)63)42-24-11-4-12-25-42/h1-38H. The van der Waals surface area contributed by atoms with Gasteiger partial charge in [0.1, 0.15) is 0 Å². The molecule has 0 heteroatoms. The van der Waals surface area contributed by atoms with Gasteiger partial charge in [0.05, 0.1) is 0 Å². The number of fused-ring (bicyclic) bond motifs is 10. The highest BCUT2D eigenvalue weighted by molar-refractivity contribution is 6.46. The lowest BCUT2D eigenvalue weighted by atomic mass is 9.83. The number of hydrogen-bond donors (Lipinski definition) is 0. The lowest BCUT2D eigenvalue weighted by Gasteiger charge is -2.19. The smallest absolute Gasteiger partial charge is 0.000697 e. The van der Waals surface area contributed by atoms with Crippen LogP contribution in [-0.4, -0.2) is 0 Å². The van der Waals surface area contributed by atoms with Crippen molar-refractivity contribution in [3.8, 4) is 55.6 Å². The van der Waals surface area contributed by atoms with Crippen LogP contribution < -0.4 is 0 Å². The highest BCUT2D eigenvalue weighted by Crippen LogP contribution is 2.55. The van der Waals surface area contributed by atoms with E-state index in [9.17, 15) is 0 Å². The highest BCUT2D eigenvalue weighted by Gasteiger charge is 2.27. The van der Waals surface area contributed by atoms with E-state index in [4.69, 9.17) is 0 Å². The molecule has 0 aromatic heterocycles. The highest BCUT2D eigenvalue weighted by atomic mass is 14.3. The van der Waals surface area contributed by atoms with Gasteiger partial charge in [-0.05, 0) is 160 Å². The Balaban J connectivity index is 1.17. The van der Waals surface area contributed by atoms with Crippen LogP contribution in [0, 0.1) is 0 Å². The fourth-order valence-corrected chi connectivity index (χ4v) is 11.5. The van der Waals surface area contributed by atoms with Gasteiger partial charge in [-0.3, -0.25) is 0 Å². The van der Waals surface area contributed by atoms with E-state index in [0.717, 1.165) is 0 Å². The van der Waals surface area contributed by atoms with E-state index in [0.29, 0.717) is 0 Å². The zero-order valence-corrected chi connectivity index (χ0v) is 34.9. The van der Waals surface area contributed by atoms with E-state index >= 15 is 0 Å². The molecule has 14 aromatic carbocycles. The average molecular weight is 807 g/mol. The third kappa shape index (κ3) is 4.94. The lowest BCUT2D eigenvalue weighted by Crippen LogP contribution is -1.91. The summed E-state index contributed by atoms with van der Waals surface area (Å²) in [7, 11) is 0. The molecule has 0 atom stereocenters. The number of rotatable bonds is 5. The second-order valence-corrected chi connectivity index (χ2v) is 17.4. The van der Waals surface area contributed by atoms with Gasteiger partial charge in [-0.25, -0.2) is 0 Å². The maximum atomic E-state index is 2.53. The largest absolute Gasteiger partial charge is 0.0622 e. The van der Waals surface area contributed by atoms with Gasteiger partial charge in [0.25, 0.3) is 0 Å². The molecule has 0 spiro atoms. The molecular formula is C64H38. The van der Waals surface area contributed by atoms with E-state index in [1.54, 1.807) is 0 Å². The van der Waals surface area contributed by atoms with Crippen LogP contribution in [0.1, 0.15) is 0 Å². The van der Waals surface area contributed by atoms with Crippen molar-refractivity contribution in [1.29, 1.82) is 0 Å². The summed E-state index contributed by atoms with van der Waals surface area (Å²) in [5.41, 5.74) is 12.4. The van der Waals surface area contributed by atoms with Gasteiger partial charge in [-0.2, -0.15) is 0 Å². The van der Waals surface area contributed by atoms with Crippen LogP contribution in [0.25, 0.3) is 142 Å². The van der Waals surface area contributed by atoms with E-state index in [1.165, 1.54) is 142 Å². The summed E-state index contributed by atoms with van der Waals surface area (Å²) in [6.45, 7) is 0. The Labute approximate surface area is 370 Å². The summed E-state index contributed by atoms with van der Waals surface area (Å²) >= 11 is 0. The second kappa shape index (κ2) is 13.6. The predicted molar refractivity (Wildman–Crippen MR) is 276 cm³/mol. The molecule has 0 aliphatic heterocycles. The summed E-state index contributed by atoms with van der Waals surface area (Å²) in [4.78, 5) is 0. The Morgan fingerprint density at radius 2 is 0.625 bits per heavy atom. The molecule has 0 fully saturated rings. The first kappa shape index (κ1) is 35.3. The lowest BCUT2D eigenvalue weighted by molar-refractivity contribution is 1.57. The molecule has 0 nitrogen and oxygen atoms in total. The van der Waals surface area contributed by atoms with Crippen LogP contribution in [0.3, 0.4) is 0 Å². The topological polar surface area (TPSA) is 0 Å². The summed E-state index contributed by atoms with van der Waals surface area (Å²) in [6.07, 6.45) is 0. The Hall–Kier alpha value is -8.32. The summed E-state index contributed by atoms with van der Waals surface area (Å²) in [6, 6.07) is 86.0. The molecule has 0 amide bonds. The van der Waals surface area contributed by atoms with Crippen molar-refractivity contribution in [1.82, 2.24) is 0 Å². The predicted octanol–water partition coefficient (Wildman–Crippen LogP) is 18.1. The molecule has 64 heavy (non-hydrogen) atoms. The molecule has 0 saturated carbocycles. The molecule has 0 heterocycles. The summed E-state index contributed by atoms with van der Waals surface area (Å²) < 4.78 is 0. The van der Waals surface area contributed by atoms with Crippen molar-refractivity contribution in [2.24, 2.45) is 0 Å². The second-order valence-electron chi connectivity index (χ2n) is 17.4. The van der Waals surface area contributed by atoms with E-state index in [1.807, 2.05) is 0 Å². The van der Waals surface area contributed by atoms with Gasteiger partial charge < -0.3 is 0 Å². The minimum Gasteiger partial charge on any atom is -0.0622 e. The Bertz CT molecular complexity index is 4070. The van der Waals surface area contributed by atoms with Crippen molar-refractivity contribution in [2.75, 3.05) is 0 Å². The minimum atomic E-state index is 1.21. The van der Waals surface area contributed by atoms with Gasteiger partial charge in [-0.1, -0.05) is 212 Å². The van der Waals surface area contributed by atoms with Crippen LogP contribution in [0.15, 0.2) is 231 Å². The van der Waals surface area contributed by atoms with Crippen molar-refractivity contribution in [3.05, 3.63) is 231 Å². The van der Waals surface area contributed by atoms with Crippen molar-refractivity contribution >= 4 is 86.2 Å². The fraction of sp³-hybridized carbons (Fsp3) is 0. The summed E-state index contributed by atoms with van der Waals surface area (Å²) in [5.74, 6) is 0. The quantitative estimate of drug-likeness (QED) is 0.152. The summed E-state index contributed by atoms with van der Waals surface area (Å²) in [5, 5.41) is 20.9. The number of hydrogen-bond acceptors (Lipinski definition) is 0. The molecular weight excluding hydrogens is 769 g/mol. The molecule has 294 valence electrons. The molecule has 14 aromatic rings. The molecule has 0 saturated heterocycles. The van der Waals surface area contributed by atoms with E-state index in [2.05, 4.69) is 231 Å². The van der Waals surface area contributed by atoms with Gasteiger partial charge in [0.2, 0.25) is 0 Å². The molecule has 0 radical (unpaired) electrons. The van der Waals surface area contributed by atoms with Crippen LogP contribution in [0.4, 0.5) is 0 Å². The Morgan fingerprint density at radius 1 is 0.172 bits per heavy atom. The maximum Gasteiger partial charge on any atom is -0.000697 e. The van der Waals surface area contributed by atoms with E-state index < -0.39 is 0 Å². The zero-order valence-electron chi connectivity index (χ0n) is 34.9. The van der Waals surface area contributed by atoms with Gasteiger partial charge in [0, 0.05) is 0 Å². The third-order valence-electron chi connectivity index (χ3n) is 14.1. The molecule has 0 bridgehead atoms. The van der Waals surface area contributed by atoms with Crippen molar-refractivity contribution < 1.29 is 0 Å². The first-order chi connectivity index (χ1) is 31.8. The van der Waals surface area contributed by atoms with Crippen LogP contribution in [0.5, 0.6) is 0 Å². The fourth-order valence-electron chi connectivity index (χ4n) is 11.5. The van der Waals surface area contributed by atoms with Crippen LogP contribution in [-0.2, 0) is 0 Å². The van der Waals surface area contributed by atoms with Gasteiger partial charge >= 0.3 is 0 Å². The number of benzene rings is 12. The molecule has 0 unspecified atom stereocenters. The van der Waals surface area contributed by atoms with E-state index in [-0.39, 0.29) is 0 Å². The normalized spacial score (nSPS) is 12.1. The zero-order chi connectivity index (χ0) is 41.9. The van der Waals surface area contributed by atoms with Crippen LogP contribution in [0.2, 0.25) is 0 Å². The Kier molecular flexibility index (Phi) is 7.49. The van der Waals surface area contributed by atoms with Gasteiger partial charge in [0.15, 0.2) is 0 Å². The molecule has 0 N–H and O–H groups in total. The minimum absolute atomic E-state index is 1.21. The van der Waals surface area contributed by atoms with Gasteiger partial charge in [-0.15, -0.1) is 0 Å². The molecule has 0 aliphatic carbocycles. The molecule has 14 rings (SSSR count). The van der Waals surface area contributed by atoms with Crippen molar-refractivity contribution in [2.45, 2.75) is 0 Å². The third-order valence-corrected chi connectivity index (χ3v) is 14.1. The first-order valence-electron chi connectivity index (χ1n) is 22.3. The average Bonchev–Trinajstić information content (AvgIpc) is 3.87.